The molecule has 2 rings (SSSR count). The van der Waals surface area contributed by atoms with Crippen molar-refractivity contribution in [3.05, 3.63) is 57.4 Å². The average molecular weight is 288 g/mol. The van der Waals surface area contributed by atoms with Crippen LogP contribution >= 0.6 is 0 Å². The van der Waals surface area contributed by atoms with Gasteiger partial charge in [-0.2, -0.15) is 5.10 Å². The molecule has 1 unspecified atom stereocenters. The third kappa shape index (κ3) is 4.13. The van der Waals surface area contributed by atoms with Crippen LogP contribution in [0.1, 0.15) is 36.2 Å². The molecule has 0 aliphatic heterocycles. The molecule has 0 spiro atoms. The van der Waals surface area contributed by atoms with Crippen LogP contribution in [-0.2, 0) is 6.42 Å². The molecule has 6 heteroatoms. The van der Waals surface area contributed by atoms with E-state index in [1.807, 2.05) is 13.1 Å². The molecule has 0 saturated heterocycles. The highest BCUT2D eigenvalue weighted by Gasteiger charge is 2.08. The number of H-pyrrole nitrogens is 1. The lowest BCUT2D eigenvalue weighted by molar-refractivity contribution is -0.384. The molecule has 0 radical (unpaired) electrons. The molecule has 21 heavy (non-hydrogen) atoms. The van der Waals surface area contributed by atoms with Gasteiger partial charge in [0.25, 0.3) is 5.69 Å². The fraction of sp³-hybridized carbons (Fsp3) is 0.400. The minimum absolute atomic E-state index is 0.126. The number of nitro groups is 1. The smallest absolute Gasteiger partial charge is 0.269 e. The van der Waals surface area contributed by atoms with E-state index in [1.54, 1.807) is 24.3 Å². The molecule has 2 N–H and O–H groups in total. The predicted octanol–water partition coefficient (Wildman–Crippen LogP) is 2.91. The first-order chi connectivity index (χ1) is 10.1. The number of nitrogens with zero attached hydrogens (tertiary/aromatic N) is 2. The van der Waals surface area contributed by atoms with Gasteiger partial charge in [-0.3, -0.25) is 15.2 Å². The lowest BCUT2D eigenvalue weighted by Gasteiger charge is -2.14. The number of benzene rings is 1. The topological polar surface area (TPSA) is 83.8 Å². The number of aromatic nitrogens is 2. The van der Waals surface area contributed by atoms with Crippen LogP contribution in [0.4, 0.5) is 5.69 Å². The van der Waals surface area contributed by atoms with E-state index in [9.17, 15) is 10.1 Å². The summed E-state index contributed by atoms with van der Waals surface area (Å²) in [7, 11) is 0. The summed E-state index contributed by atoms with van der Waals surface area (Å²) in [6.45, 7) is 4.97. The maximum atomic E-state index is 10.6. The van der Waals surface area contributed by atoms with E-state index < -0.39 is 0 Å². The van der Waals surface area contributed by atoms with Crippen molar-refractivity contribution in [2.45, 2.75) is 32.7 Å². The van der Waals surface area contributed by atoms with Crippen LogP contribution in [0, 0.1) is 17.0 Å². The highest BCUT2D eigenvalue weighted by Crippen LogP contribution is 2.17. The third-order valence-electron chi connectivity index (χ3n) is 3.61. The maximum Gasteiger partial charge on any atom is 0.269 e. The maximum absolute atomic E-state index is 10.6. The molecular weight excluding hydrogens is 268 g/mol. The van der Waals surface area contributed by atoms with Gasteiger partial charge in [-0.15, -0.1) is 0 Å². The van der Waals surface area contributed by atoms with Crippen molar-refractivity contribution in [3.8, 4) is 0 Å². The monoisotopic (exact) mass is 288 g/mol. The molecule has 1 aromatic carbocycles. The number of nitrogens with one attached hydrogen (secondary N) is 2. The average Bonchev–Trinajstić information content (AvgIpc) is 2.89. The van der Waals surface area contributed by atoms with Crippen molar-refractivity contribution in [1.29, 1.82) is 0 Å². The van der Waals surface area contributed by atoms with Gasteiger partial charge in [-0.25, -0.2) is 0 Å². The summed E-state index contributed by atoms with van der Waals surface area (Å²) in [5.74, 6) is 0. The Morgan fingerprint density at radius 1 is 1.38 bits per heavy atom. The van der Waals surface area contributed by atoms with Crippen molar-refractivity contribution >= 4 is 5.69 Å². The van der Waals surface area contributed by atoms with Crippen molar-refractivity contribution in [2.24, 2.45) is 0 Å². The molecular formula is C15H20N4O2. The van der Waals surface area contributed by atoms with Crippen LogP contribution in [0.2, 0.25) is 0 Å². The lowest BCUT2D eigenvalue weighted by atomic mass is 10.1. The van der Waals surface area contributed by atoms with Gasteiger partial charge in [0, 0.05) is 23.9 Å². The quantitative estimate of drug-likeness (QED) is 0.466. The van der Waals surface area contributed by atoms with Gasteiger partial charge in [-0.05, 0) is 44.4 Å². The molecule has 2 aromatic rings. The van der Waals surface area contributed by atoms with Crippen LogP contribution in [0.5, 0.6) is 0 Å². The Hall–Kier alpha value is -2.21. The summed E-state index contributed by atoms with van der Waals surface area (Å²) in [5, 5.41) is 21.0. The Bertz CT molecular complexity index is 592. The van der Waals surface area contributed by atoms with E-state index >= 15 is 0 Å². The van der Waals surface area contributed by atoms with Crippen molar-refractivity contribution in [3.63, 3.8) is 0 Å². The number of hydrogen-bond donors (Lipinski definition) is 2. The SMILES string of the molecule is Cc1[nH]ncc1CCCNC(C)c1ccc([N+](=O)[O-])cc1. The van der Waals surface area contributed by atoms with Gasteiger partial charge in [-0.1, -0.05) is 12.1 Å². The lowest BCUT2D eigenvalue weighted by Crippen LogP contribution is -2.20. The number of aryl methyl sites for hydroxylation is 2. The molecule has 0 fully saturated rings. The Kier molecular flexibility index (Phi) is 5.05. The van der Waals surface area contributed by atoms with Crippen molar-refractivity contribution in [1.82, 2.24) is 15.5 Å². The van der Waals surface area contributed by atoms with E-state index in [0.29, 0.717) is 0 Å². The molecule has 0 bridgehead atoms. The number of rotatable bonds is 7. The Labute approximate surface area is 123 Å². The number of aromatic amines is 1. The second kappa shape index (κ2) is 6.99. The van der Waals surface area contributed by atoms with Gasteiger partial charge < -0.3 is 5.32 Å². The van der Waals surface area contributed by atoms with Gasteiger partial charge >= 0.3 is 0 Å². The fourth-order valence-electron chi connectivity index (χ4n) is 2.23. The summed E-state index contributed by atoms with van der Waals surface area (Å²) in [4.78, 5) is 10.2. The van der Waals surface area contributed by atoms with E-state index in [0.717, 1.165) is 30.6 Å². The molecule has 1 atom stereocenters. The van der Waals surface area contributed by atoms with Crippen LogP contribution in [0.15, 0.2) is 30.5 Å². The first-order valence-corrected chi connectivity index (χ1v) is 7.04. The first-order valence-electron chi connectivity index (χ1n) is 7.04. The number of hydrogen-bond acceptors (Lipinski definition) is 4. The minimum atomic E-state index is -0.380. The summed E-state index contributed by atoms with van der Waals surface area (Å²) in [6, 6.07) is 6.87. The largest absolute Gasteiger partial charge is 0.310 e. The second-order valence-electron chi connectivity index (χ2n) is 5.15. The van der Waals surface area contributed by atoms with Crippen LogP contribution in [0.3, 0.4) is 0 Å². The molecule has 1 aromatic heterocycles. The summed E-state index contributed by atoms with van der Waals surface area (Å²) in [5.41, 5.74) is 3.56. The van der Waals surface area contributed by atoms with E-state index in [-0.39, 0.29) is 16.7 Å². The van der Waals surface area contributed by atoms with E-state index in [1.165, 1.54) is 5.56 Å². The Morgan fingerprint density at radius 3 is 2.67 bits per heavy atom. The minimum Gasteiger partial charge on any atom is -0.310 e. The zero-order valence-electron chi connectivity index (χ0n) is 12.3. The van der Waals surface area contributed by atoms with Gasteiger partial charge in [0.1, 0.15) is 0 Å². The van der Waals surface area contributed by atoms with Crippen molar-refractivity contribution in [2.75, 3.05) is 6.54 Å². The zero-order valence-corrected chi connectivity index (χ0v) is 12.3. The molecule has 1 heterocycles. The Morgan fingerprint density at radius 2 is 2.10 bits per heavy atom. The van der Waals surface area contributed by atoms with Gasteiger partial charge in [0.05, 0.1) is 11.1 Å². The Balaban J connectivity index is 1.77. The predicted molar refractivity (Wildman–Crippen MR) is 81.2 cm³/mol. The van der Waals surface area contributed by atoms with Crippen LogP contribution in [-0.4, -0.2) is 21.7 Å². The molecule has 0 amide bonds. The summed E-state index contributed by atoms with van der Waals surface area (Å²) >= 11 is 0. The molecule has 0 aliphatic carbocycles. The highest BCUT2D eigenvalue weighted by atomic mass is 16.6. The first kappa shape index (κ1) is 15.2. The highest BCUT2D eigenvalue weighted by molar-refractivity contribution is 5.34. The van der Waals surface area contributed by atoms with Gasteiger partial charge in [0.2, 0.25) is 0 Å². The molecule has 6 nitrogen and oxygen atoms in total. The fourth-order valence-corrected chi connectivity index (χ4v) is 2.23. The van der Waals surface area contributed by atoms with E-state index in [4.69, 9.17) is 0 Å². The summed E-state index contributed by atoms with van der Waals surface area (Å²) < 4.78 is 0. The van der Waals surface area contributed by atoms with Gasteiger partial charge in [0.15, 0.2) is 0 Å². The van der Waals surface area contributed by atoms with Crippen molar-refractivity contribution < 1.29 is 4.92 Å². The van der Waals surface area contributed by atoms with Crippen LogP contribution in [0.25, 0.3) is 0 Å². The summed E-state index contributed by atoms with van der Waals surface area (Å²) in [6.07, 6.45) is 3.88. The molecule has 0 saturated carbocycles. The zero-order chi connectivity index (χ0) is 15.2. The third-order valence-corrected chi connectivity index (χ3v) is 3.61. The number of nitro benzene ring substituents is 1. The van der Waals surface area contributed by atoms with Crippen LogP contribution < -0.4 is 5.32 Å². The number of non-ortho nitro benzene ring substituents is 1. The molecule has 0 aliphatic rings. The normalized spacial score (nSPS) is 12.3. The standard InChI is InChI=1S/C15H20N4O2/c1-11(13-5-7-15(8-6-13)19(20)21)16-9-3-4-14-10-17-18-12(14)2/h5-8,10-11,16H,3-4,9H2,1-2H3,(H,17,18). The van der Waals surface area contributed by atoms with E-state index in [2.05, 4.69) is 22.4 Å². The molecule has 112 valence electrons. The second-order valence-corrected chi connectivity index (χ2v) is 5.15.